The molecule has 2 heterocycles. The molecule has 2 aromatic heterocycles. The molecular weight excluding hydrogens is 687 g/mol. The van der Waals surface area contributed by atoms with Crippen molar-refractivity contribution >= 4 is 31.5 Å². The Bertz CT molecular complexity index is 2970. The van der Waals surface area contributed by atoms with Gasteiger partial charge in [0, 0.05) is 36.9 Å². The van der Waals surface area contributed by atoms with Crippen LogP contribution < -0.4 is 0 Å². The minimum absolute atomic E-state index is 0.630. The van der Waals surface area contributed by atoms with Gasteiger partial charge in [0.1, 0.15) is 0 Å². The van der Waals surface area contributed by atoms with E-state index >= 15 is 0 Å². The quantitative estimate of drug-likeness (QED) is 0.165. The van der Waals surface area contributed by atoms with Crippen LogP contribution in [0.4, 0.5) is 0 Å². The molecule has 0 saturated carbocycles. The molecule has 0 N–H and O–H groups in total. The van der Waals surface area contributed by atoms with Gasteiger partial charge in [-0.05, 0) is 68.8 Å². The van der Waals surface area contributed by atoms with E-state index in [1.54, 1.807) is 0 Å². The molecule has 0 amide bonds. The largest absolute Gasteiger partial charge is 0.208 e. The highest BCUT2D eigenvalue weighted by Crippen LogP contribution is 2.40. The lowest BCUT2D eigenvalue weighted by atomic mass is 9.98. The summed E-state index contributed by atoms with van der Waals surface area (Å²) in [6, 6.07) is 70.4. The molecule has 0 fully saturated rings. The van der Waals surface area contributed by atoms with Gasteiger partial charge >= 0.3 is 0 Å². The van der Waals surface area contributed by atoms with Crippen molar-refractivity contribution in [3.05, 3.63) is 200 Å². The number of fused-ring (bicyclic) bond motifs is 3. The van der Waals surface area contributed by atoms with Crippen LogP contribution in [0.2, 0.25) is 0 Å². The Labute approximate surface area is 323 Å². The fourth-order valence-electron chi connectivity index (χ4n) is 7.35. The molecule has 0 saturated heterocycles. The lowest BCUT2D eigenvalue weighted by molar-refractivity contribution is 1.07. The lowest BCUT2D eigenvalue weighted by Gasteiger charge is -2.11. The van der Waals surface area contributed by atoms with E-state index in [0.29, 0.717) is 17.5 Å². The lowest BCUT2D eigenvalue weighted by Crippen LogP contribution is -2.00. The zero-order valence-electron chi connectivity index (χ0n) is 29.8. The van der Waals surface area contributed by atoms with Crippen molar-refractivity contribution in [1.82, 2.24) is 15.0 Å². The fourth-order valence-corrected chi connectivity index (χ4v) is 8.59. The van der Waals surface area contributed by atoms with Crippen molar-refractivity contribution in [2.45, 2.75) is 0 Å². The monoisotopic (exact) mass is 719 g/mol. The molecule has 8 aromatic carbocycles. The third-order valence-corrected chi connectivity index (χ3v) is 11.4. The smallest absolute Gasteiger partial charge is 0.164 e. The van der Waals surface area contributed by atoms with Crippen molar-refractivity contribution < 1.29 is 0 Å². The summed E-state index contributed by atoms with van der Waals surface area (Å²) in [6.07, 6.45) is 0. The minimum atomic E-state index is 0.630. The number of rotatable bonds is 7. The maximum Gasteiger partial charge on any atom is 0.164 e. The van der Waals surface area contributed by atoms with Crippen LogP contribution in [-0.2, 0) is 0 Å². The molecule has 0 aliphatic heterocycles. The maximum atomic E-state index is 5.14. The van der Waals surface area contributed by atoms with Crippen LogP contribution in [-0.4, -0.2) is 15.0 Å². The summed E-state index contributed by atoms with van der Waals surface area (Å²) in [5, 5.41) is 2.59. The van der Waals surface area contributed by atoms with Crippen LogP contribution in [0.1, 0.15) is 0 Å². The second-order valence-corrected chi connectivity index (χ2v) is 14.7. The number of nitrogens with zero attached hydrogens (tertiary/aromatic N) is 3. The van der Waals surface area contributed by atoms with Crippen LogP contribution in [0.15, 0.2) is 200 Å². The summed E-state index contributed by atoms with van der Waals surface area (Å²) in [6.45, 7) is 0. The number of hydrogen-bond acceptors (Lipinski definition) is 4. The van der Waals surface area contributed by atoms with Gasteiger partial charge in [0.15, 0.2) is 17.5 Å². The maximum absolute atomic E-state index is 5.14. The standard InChI is InChI=1S/C51H33N3S/c1-3-13-34(14-4-1)38-17-9-19-40(31-38)41-20-11-22-43(33-41)51-53-49(52-50(54-51)42-21-10-18-39(32-42)35-15-5-2-6-16-35)37-29-27-36(28-30-37)44-24-12-25-46-45-23-7-8-26-47(45)55-48(44)46/h1-33H. The molecule has 0 spiro atoms. The van der Waals surface area contributed by atoms with Gasteiger partial charge in [0.05, 0.1) is 0 Å². The molecule has 0 unspecified atom stereocenters. The van der Waals surface area contributed by atoms with E-state index in [-0.39, 0.29) is 0 Å². The Balaban J connectivity index is 1.07. The number of aromatic nitrogens is 3. The predicted octanol–water partition coefficient (Wildman–Crippen LogP) is 13.9. The summed E-state index contributed by atoms with van der Waals surface area (Å²) in [5.74, 6) is 1.90. The normalized spacial score (nSPS) is 11.3. The van der Waals surface area contributed by atoms with E-state index in [2.05, 4.69) is 188 Å². The average molecular weight is 720 g/mol. The van der Waals surface area contributed by atoms with Gasteiger partial charge in [-0.3, -0.25) is 0 Å². The Kier molecular flexibility index (Phi) is 8.36. The summed E-state index contributed by atoms with van der Waals surface area (Å²) < 4.78 is 2.60. The second-order valence-electron chi connectivity index (χ2n) is 13.6. The van der Waals surface area contributed by atoms with Gasteiger partial charge in [-0.15, -0.1) is 11.3 Å². The highest BCUT2D eigenvalue weighted by molar-refractivity contribution is 7.26. The minimum Gasteiger partial charge on any atom is -0.208 e. The first-order valence-corrected chi connectivity index (χ1v) is 19.2. The Hall–Kier alpha value is -7.01. The van der Waals surface area contributed by atoms with Gasteiger partial charge in [-0.25, -0.2) is 15.0 Å². The van der Waals surface area contributed by atoms with Crippen molar-refractivity contribution in [3.8, 4) is 78.7 Å². The van der Waals surface area contributed by atoms with E-state index in [4.69, 9.17) is 15.0 Å². The van der Waals surface area contributed by atoms with E-state index in [1.165, 1.54) is 36.9 Å². The Morgan fingerprint density at radius 2 is 0.673 bits per heavy atom. The molecule has 0 bridgehead atoms. The molecule has 10 aromatic rings. The van der Waals surface area contributed by atoms with E-state index in [1.807, 2.05) is 23.5 Å². The third kappa shape index (κ3) is 6.39. The van der Waals surface area contributed by atoms with Crippen LogP contribution >= 0.6 is 11.3 Å². The van der Waals surface area contributed by atoms with Gasteiger partial charge in [-0.1, -0.05) is 176 Å². The van der Waals surface area contributed by atoms with Gasteiger partial charge in [0.2, 0.25) is 0 Å². The van der Waals surface area contributed by atoms with Crippen LogP contribution in [0.3, 0.4) is 0 Å². The van der Waals surface area contributed by atoms with E-state index in [9.17, 15) is 0 Å². The Morgan fingerprint density at radius 3 is 1.25 bits per heavy atom. The van der Waals surface area contributed by atoms with Crippen LogP contribution in [0, 0.1) is 0 Å². The first kappa shape index (κ1) is 32.6. The van der Waals surface area contributed by atoms with Crippen molar-refractivity contribution in [2.24, 2.45) is 0 Å². The molecule has 0 atom stereocenters. The highest BCUT2D eigenvalue weighted by Gasteiger charge is 2.16. The van der Waals surface area contributed by atoms with Gasteiger partial charge in [-0.2, -0.15) is 0 Å². The number of thiophene rings is 1. The summed E-state index contributed by atoms with van der Waals surface area (Å²) >= 11 is 1.85. The van der Waals surface area contributed by atoms with Crippen molar-refractivity contribution in [3.63, 3.8) is 0 Å². The number of hydrogen-bond donors (Lipinski definition) is 0. The highest BCUT2D eigenvalue weighted by atomic mass is 32.1. The predicted molar refractivity (Wildman–Crippen MR) is 231 cm³/mol. The van der Waals surface area contributed by atoms with Crippen LogP contribution in [0.25, 0.3) is 98.8 Å². The summed E-state index contributed by atoms with van der Waals surface area (Å²) in [5.41, 5.74) is 12.1. The molecule has 10 rings (SSSR count). The molecule has 0 radical (unpaired) electrons. The van der Waals surface area contributed by atoms with Crippen molar-refractivity contribution in [2.75, 3.05) is 0 Å². The topological polar surface area (TPSA) is 38.7 Å². The zero-order valence-corrected chi connectivity index (χ0v) is 30.6. The SMILES string of the molecule is c1ccc(-c2cccc(-c3cccc(-c4nc(-c5ccc(-c6cccc7c6sc6ccccc67)cc5)nc(-c5cccc(-c6ccccc6)c5)n4)c3)c2)cc1. The van der Waals surface area contributed by atoms with Crippen molar-refractivity contribution in [1.29, 1.82) is 0 Å². The molecule has 3 nitrogen and oxygen atoms in total. The molecule has 258 valence electrons. The number of benzene rings is 8. The zero-order chi connectivity index (χ0) is 36.6. The van der Waals surface area contributed by atoms with E-state index in [0.717, 1.165) is 44.5 Å². The second kappa shape index (κ2) is 14.1. The summed E-state index contributed by atoms with van der Waals surface area (Å²) in [4.78, 5) is 15.4. The molecule has 0 aliphatic carbocycles. The first-order valence-electron chi connectivity index (χ1n) is 18.4. The van der Waals surface area contributed by atoms with Gasteiger partial charge < -0.3 is 0 Å². The third-order valence-electron chi connectivity index (χ3n) is 10.1. The van der Waals surface area contributed by atoms with Crippen LogP contribution in [0.5, 0.6) is 0 Å². The molecular formula is C51H33N3S. The van der Waals surface area contributed by atoms with E-state index < -0.39 is 0 Å². The Morgan fingerprint density at radius 1 is 0.273 bits per heavy atom. The fraction of sp³-hybridized carbons (Fsp3) is 0. The van der Waals surface area contributed by atoms with Gasteiger partial charge in [0.25, 0.3) is 0 Å². The molecule has 0 aliphatic rings. The average Bonchev–Trinajstić information content (AvgIpc) is 3.66. The molecule has 4 heteroatoms. The first-order chi connectivity index (χ1) is 27.2. The molecule has 55 heavy (non-hydrogen) atoms. The summed E-state index contributed by atoms with van der Waals surface area (Å²) in [7, 11) is 0.